The van der Waals surface area contributed by atoms with E-state index in [4.69, 9.17) is 14.5 Å². The number of benzene rings is 1. The van der Waals surface area contributed by atoms with Gasteiger partial charge in [-0.15, -0.1) is 0 Å². The maximum absolute atomic E-state index is 5.68. The number of nitrogens with zero attached hydrogens (tertiary/aromatic N) is 2. The minimum absolute atomic E-state index is 0.499. The summed E-state index contributed by atoms with van der Waals surface area (Å²) in [5.74, 6) is 2.56. The SMILES string of the molecule is CCNC(=NCCCc1ccc(OC)c(OCC)c1)NC1CC(C)N(C2CC2)C1. The molecule has 1 saturated heterocycles. The Labute approximate surface area is 176 Å². The Hall–Kier alpha value is -1.95. The van der Waals surface area contributed by atoms with Gasteiger partial charge in [0.2, 0.25) is 0 Å². The molecule has 2 atom stereocenters. The molecule has 0 amide bonds. The first-order valence-electron chi connectivity index (χ1n) is 11.2. The number of aryl methyl sites for hydroxylation is 1. The summed E-state index contributed by atoms with van der Waals surface area (Å²) in [6.45, 7) is 9.94. The smallest absolute Gasteiger partial charge is 0.191 e. The summed E-state index contributed by atoms with van der Waals surface area (Å²) in [7, 11) is 1.68. The van der Waals surface area contributed by atoms with Crippen molar-refractivity contribution < 1.29 is 9.47 Å². The fourth-order valence-corrected chi connectivity index (χ4v) is 4.21. The topological polar surface area (TPSA) is 58.1 Å². The predicted molar refractivity (Wildman–Crippen MR) is 119 cm³/mol. The molecule has 1 heterocycles. The van der Waals surface area contributed by atoms with E-state index >= 15 is 0 Å². The maximum Gasteiger partial charge on any atom is 0.191 e. The average molecular weight is 403 g/mol. The normalized spacial score (nSPS) is 22.6. The molecule has 6 nitrogen and oxygen atoms in total. The van der Waals surface area contributed by atoms with Gasteiger partial charge in [0.1, 0.15) is 0 Å². The van der Waals surface area contributed by atoms with Crippen LogP contribution in [0.4, 0.5) is 0 Å². The van der Waals surface area contributed by atoms with Gasteiger partial charge >= 0.3 is 0 Å². The summed E-state index contributed by atoms with van der Waals surface area (Å²) >= 11 is 0. The highest BCUT2D eigenvalue weighted by Crippen LogP contribution is 2.33. The van der Waals surface area contributed by atoms with Crippen LogP contribution in [0.3, 0.4) is 0 Å². The molecule has 1 aliphatic heterocycles. The van der Waals surface area contributed by atoms with Crippen LogP contribution in [0.1, 0.15) is 52.0 Å². The second-order valence-corrected chi connectivity index (χ2v) is 8.14. The fraction of sp³-hybridized carbons (Fsp3) is 0.696. The van der Waals surface area contributed by atoms with Crippen molar-refractivity contribution in [2.75, 3.05) is 33.4 Å². The third kappa shape index (κ3) is 6.26. The van der Waals surface area contributed by atoms with Gasteiger partial charge in [0, 0.05) is 37.8 Å². The number of rotatable bonds is 10. The van der Waals surface area contributed by atoms with Gasteiger partial charge in [-0.25, -0.2) is 0 Å². The van der Waals surface area contributed by atoms with Crippen molar-refractivity contribution in [3.05, 3.63) is 23.8 Å². The Morgan fingerprint density at radius 3 is 2.76 bits per heavy atom. The third-order valence-corrected chi connectivity index (χ3v) is 5.75. The molecule has 0 bridgehead atoms. The summed E-state index contributed by atoms with van der Waals surface area (Å²) in [4.78, 5) is 7.48. The van der Waals surface area contributed by atoms with E-state index in [1.54, 1.807) is 7.11 Å². The van der Waals surface area contributed by atoms with Crippen molar-refractivity contribution in [2.24, 2.45) is 4.99 Å². The third-order valence-electron chi connectivity index (χ3n) is 5.75. The van der Waals surface area contributed by atoms with Gasteiger partial charge in [-0.05, 0) is 70.6 Å². The van der Waals surface area contributed by atoms with Crippen LogP contribution in [0.2, 0.25) is 0 Å². The molecule has 162 valence electrons. The minimum Gasteiger partial charge on any atom is -0.493 e. The Balaban J connectivity index is 1.48. The van der Waals surface area contributed by atoms with E-state index in [2.05, 4.69) is 41.5 Å². The number of nitrogens with one attached hydrogen (secondary N) is 2. The second kappa shape index (κ2) is 10.7. The summed E-state index contributed by atoms with van der Waals surface area (Å²) in [5, 5.41) is 7.07. The van der Waals surface area contributed by atoms with Crippen LogP contribution in [0.15, 0.2) is 23.2 Å². The summed E-state index contributed by atoms with van der Waals surface area (Å²) in [6.07, 6.45) is 5.93. The predicted octanol–water partition coefficient (Wildman–Crippen LogP) is 3.21. The molecule has 1 aromatic rings. The van der Waals surface area contributed by atoms with E-state index in [0.717, 1.165) is 56.0 Å². The van der Waals surface area contributed by atoms with Gasteiger partial charge in [-0.3, -0.25) is 9.89 Å². The lowest BCUT2D eigenvalue weighted by Gasteiger charge is -2.20. The number of hydrogen-bond acceptors (Lipinski definition) is 4. The molecule has 2 fully saturated rings. The molecule has 1 aliphatic carbocycles. The van der Waals surface area contributed by atoms with Crippen molar-refractivity contribution >= 4 is 5.96 Å². The molecule has 0 aromatic heterocycles. The zero-order valence-electron chi connectivity index (χ0n) is 18.5. The van der Waals surface area contributed by atoms with Gasteiger partial charge in [-0.1, -0.05) is 6.07 Å². The Kier molecular flexibility index (Phi) is 8.04. The first kappa shape index (κ1) is 21.8. The van der Waals surface area contributed by atoms with Crippen molar-refractivity contribution in [3.8, 4) is 11.5 Å². The second-order valence-electron chi connectivity index (χ2n) is 8.14. The van der Waals surface area contributed by atoms with Gasteiger partial charge in [-0.2, -0.15) is 0 Å². The summed E-state index contributed by atoms with van der Waals surface area (Å²) in [5.41, 5.74) is 1.26. The number of ether oxygens (including phenoxy) is 2. The van der Waals surface area contributed by atoms with E-state index < -0.39 is 0 Å². The summed E-state index contributed by atoms with van der Waals surface area (Å²) < 4.78 is 11.0. The Morgan fingerprint density at radius 1 is 1.24 bits per heavy atom. The fourth-order valence-electron chi connectivity index (χ4n) is 4.21. The van der Waals surface area contributed by atoms with Gasteiger partial charge < -0.3 is 20.1 Å². The number of likely N-dealkylation sites (tertiary alicyclic amines) is 1. The molecule has 1 aromatic carbocycles. The first-order valence-corrected chi connectivity index (χ1v) is 11.2. The molecule has 0 radical (unpaired) electrons. The zero-order chi connectivity index (χ0) is 20.6. The standard InChI is InChI=1S/C23H38N4O2/c1-5-24-23(26-19-14-17(3)27(16-19)20-10-11-20)25-13-7-8-18-9-12-21(28-4)22(15-18)29-6-2/h9,12,15,17,19-20H,5-8,10-11,13-14,16H2,1-4H3,(H2,24,25,26). The average Bonchev–Trinajstić information content (AvgIpc) is 3.49. The highest BCUT2D eigenvalue weighted by molar-refractivity contribution is 5.80. The molecule has 2 aliphatic rings. The first-order chi connectivity index (χ1) is 14.1. The lowest BCUT2D eigenvalue weighted by atomic mass is 10.1. The van der Waals surface area contributed by atoms with Crippen LogP contribution in [-0.4, -0.2) is 62.3 Å². The van der Waals surface area contributed by atoms with Crippen molar-refractivity contribution in [1.82, 2.24) is 15.5 Å². The van der Waals surface area contributed by atoms with Crippen LogP contribution in [0.5, 0.6) is 11.5 Å². The van der Waals surface area contributed by atoms with Crippen molar-refractivity contribution in [3.63, 3.8) is 0 Å². The van der Waals surface area contributed by atoms with Crippen LogP contribution >= 0.6 is 0 Å². The highest BCUT2D eigenvalue weighted by Gasteiger charge is 2.38. The molecule has 29 heavy (non-hydrogen) atoms. The number of guanidine groups is 1. The molecule has 6 heteroatoms. The minimum atomic E-state index is 0.499. The lowest BCUT2D eigenvalue weighted by molar-refractivity contribution is 0.256. The number of aliphatic imine (C=N–C) groups is 1. The van der Waals surface area contributed by atoms with Crippen LogP contribution < -0.4 is 20.1 Å². The Morgan fingerprint density at radius 2 is 2.07 bits per heavy atom. The molecule has 1 saturated carbocycles. The molecule has 2 N–H and O–H groups in total. The molecular formula is C23H38N4O2. The monoisotopic (exact) mass is 402 g/mol. The Bertz CT molecular complexity index is 675. The number of hydrogen-bond donors (Lipinski definition) is 2. The summed E-state index contributed by atoms with van der Waals surface area (Å²) in [6, 6.07) is 8.20. The van der Waals surface area contributed by atoms with Crippen molar-refractivity contribution in [1.29, 1.82) is 0 Å². The number of methoxy groups -OCH3 is 1. The van der Waals surface area contributed by atoms with Crippen LogP contribution in [-0.2, 0) is 6.42 Å². The van der Waals surface area contributed by atoms with E-state index in [1.165, 1.54) is 24.8 Å². The molecule has 2 unspecified atom stereocenters. The van der Waals surface area contributed by atoms with Gasteiger partial charge in [0.25, 0.3) is 0 Å². The van der Waals surface area contributed by atoms with Gasteiger partial charge in [0.05, 0.1) is 13.7 Å². The van der Waals surface area contributed by atoms with Gasteiger partial charge in [0.15, 0.2) is 17.5 Å². The van der Waals surface area contributed by atoms with E-state index in [-0.39, 0.29) is 0 Å². The largest absolute Gasteiger partial charge is 0.493 e. The van der Waals surface area contributed by atoms with Crippen LogP contribution in [0, 0.1) is 0 Å². The molecule has 3 rings (SSSR count). The maximum atomic E-state index is 5.68. The van der Waals surface area contributed by atoms with Crippen molar-refractivity contribution in [2.45, 2.75) is 71.0 Å². The van der Waals surface area contributed by atoms with E-state index in [9.17, 15) is 0 Å². The highest BCUT2D eigenvalue weighted by atomic mass is 16.5. The van der Waals surface area contributed by atoms with Crippen LogP contribution in [0.25, 0.3) is 0 Å². The van der Waals surface area contributed by atoms with E-state index in [1.807, 2.05) is 13.0 Å². The molecule has 0 spiro atoms. The quantitative estimate of drug-likeness (QED) is 0.358. The zero-order valence-corrected chi connectivity index (χ0v) is 18.5. The lowest BCUT2D eigenvalue weighted by Crippen LogP contribution is -2.44. The van der Waals surface area contributed by atoms with E-state index in [0.29, 0.717) is 18.7 Å². The molecular weight excluding hydrogens is 364 g/mol.